The Kier molecular flexibility index (Phi) is 11.9. The van der Waals surface area contributed by atoms with Crippen LogP contribution >= 0.6 is 23.4 Å². The summed E-state index contributed by atoms with van der Waals surface area (Å²) in [5, 5.41) is 35.1. The van der Waals surface area contributed by atoms with Crippen molar-refractivity contribution in [2.45, 2.75) is 36.2 Å². The number of nitrogens with two attached hydrogens (primary N) is 1. The van der Waals surface area contributed by atoms with Gasteiger partial charge in [-0.1, -0.05) is 35.9 Å². The molecule has 0 radical (unpaired) electrons. The molecule has 0 bridgehead atoms. The standard InChI is InChI=1S/C24H27ClN4O8S/c25-14-5-3-7-18(22(14)29-16-6-2-1-4-13(16)10-20(31)32)38-12-17(23(35)27-11-21(33)34)28-19(30)9-8-15(26)24(36)37/h1-7,15,17,29H,8-12,26H2,(H,27,35)(H,28,30)(H,31,32)(H,33,34)(H,36,37)/t15-,17-/m0/s1. The zero-order chi connectivity index (χ0) is 28.2. The second kappa shape index (κ2) is 14.8. The number of amides is 2. The average molecular weight is 567 g/mol. The Balaban J connectivity index is 2.21. The quantitative estimate of drug-likeness (QED) is 0.154. The number of carbonyl (C=O) groups is 5. The summed E-state index contributed by atoms with van der Waals surface area (Å²) >= 11 is 7.55. The maximum Gasteiger partial charge on any atom is 0.322 e. The molecule has 0 aliphatic carbocycles. The lowest BCUT2D eigenvalue weighted by atomic mass is 10.1. The summed E-state index contributed by atoms with van der Waals surface area (Å²) in [7, 11) is 0. The maximum absolute atomic E-state index is 12.6. The highest BCUT2D eigenvalue weighted by atomic mass is 35.5. The van der Waals surface area contributed by atoms with E-state index in [1.165, 1.54) is 0 Å². The molecule has 0 heterocycles. The number of thioether (sulfide) groups is 1. The fraction of sp³-hybridized carbons (Fsp3) is 0.292. The second-order valence-corrected chi connectivity index (χ2v) is 9.46. The molecule has 2 atom stereocenters. The number of hydrogen-bond acceptors (Lipinski definition) is 8. The Labute approximate surface area is 226 Å². The SMILES string of the molecule is N[C@@H](CCC(=O)N[C@@H](CSc1cccc(Cl)c1Nc1ccccc1CC(=O)O)C(=O)NCC(=O)O)C(=O)O. The van der Waals surface area contributed by atoms with Crippen molar-refractivity contribution in [3.05, 3.63) is 53.1 Å². The molecule has 204 valence electrons. The third-order valence-electron chi connectivity index (χ3n) is 5.06. The number of benzene rings is 2. The summed E-state index contributed by atoms with van der Waals surface area (Å²) in [6.45, 7) is -0.663. The van der Waals surface area contributed by atoms with E-state index in [0.29, 0.717) is 26.9 Å². The molecule has 2 aromatic carbocycles. The lowest BCUT2D eigenvalue weighted by Gasteiger charge is -2.20. The number of carbonyl (C=O) groups excluding carboxylic acids is 2. The fourth-order valence-corrected chi connectivity index (χ4v) is 4.50. The molecule has 0 fully saturated rings. The summed E-state index contributed by atoms with van der Waals surface area (Å²) < 4.78 is 0. The number of halogens is 1. The van der Waals surface area contributed by atoms with Gasteiger partial charge >= 0.3 is 17.9 Å². The molecule has 2 rings (SSSR count). The Hall–Kier alpha value is -3.81. The Morgan fingerprint density at radius 3 is 2.34 bits per heavy atom. The number of carboxylic acid groups (broad SMARTS) is 3. The molecular weight excluding hydrogens is 540 g/mol. The van der Waals surface area contributed by atoms with E-state index in [4.69, 9.17) is 27.5 Å². The topological polar surface area (TPSA) is 208 Å². The van der Waals surface area contributed by atoms with Gasteiger partial charge in [-0.25, -0.2) is 0 Å². The van der Waals surface area contributed by atoms with E-state index in [1.54, 1.807) is 42.5 Å². The average Bonchev–Trinajstić information content (AvgIpc) is 2.85. The summed E-state index contributed by atoms with van der Waals surface area (Å²) in [4.78, 5) is 58.6. The number of nitrogens with one attached hydrogen (secondary N) is 3. The largest absolute Gasteiger partial charge is 0.481 e. The molecule has 2 amide bonds. The predicted octanol–water partition coefficient (Wildman–Crippen LogP) is 1.68. The molecule has 0 unspecified atom stereocenters. The second-order valence-electron chi connectivity index (χ2n) is 7.99. The van der Waals surface area contributed by atoms with Gasteiger partial charge in [0.05, 0.1) is 17.1 Å². The van der Waals surface area contributed by atoms with Crippen LogP contribution in [0.3, 0.4) is 0 Å². The first-order valence-corrected chi connectivity index (χ1v) is 12.6. The first kappa shape index (κ1) is 30.4. The zero-order valence-corrected chi connectivity index (χ0v) is 21.6. The van der Waals surface area contributed by atoms with Gasteiger partial charge in [0.15, 0.2) is 0 Å². The normalized spacial score (nSPS) is 12.2. The van der Waals surface area contributed by atoms with Crippen LogP contribution in [0.15, 0.2) is 47.4 Å². The van der Waals surface area contributed by atoms with Gasteiger partial charge in [-0.15, -0.1) is 11.8 Å². The highest BCUT2D eigenvalue weighted by molar-refractivity contribution is 7.99. The number of aliphatic carboxylic acids is 3. The van der Waals surface area contributed by atoms with Crippen LogP contribution in [-0.4, -0.2) is 69.4 Å². The number of para-hydroxylation sites is 2. The summed E-state index contributed by atoms with van der Waals surface area (Å²) in [5.74, 6) is -4.97. The van der Waals surface area contributed by atoms with Crippen LogP contribution in [0.25, 0.3) is 0 Å². The van der Waals surface area contributed by atoms with Crippen molar-refractivity contribution in [2.24, 2.45) is 5.73 Å². The smallest absolute Gasteiger partial charge is 0.322 e. The summed E-state index contributed by atoms with van der Waals surface area (Å²) in [6, 6.07) is 9.37. The third-order valence-corrected chi connectivity index (χ3v) is 6.53. The van der Waals surface area contributed by atoms with Gasteiger partial charge in [0.25, 0.3) is 0 Å². The van der Waals surface area contributed by atoms with Crippen LogP contribution in [-0.2, 0) is 30.4 Å². The van der Waals surface area contributed by atoms with Gasteiger partial charge in [-0.2, -0.15) is 0 Å². The van der Waals surface area contributed by atoms with Crippen molar-refractivity contribution in [1.29, 1.82) is 0 Å². The molecule has 0 aromatic heterocycles. The lowest BCUT2D eigenvalue weighted by molar-refractivity contribution is -0.139. The van der Waals surface area contributed by atoms with Crippen molar-refractivity contribution in [1.82, 2.24) is 10.6 Å². The first-order valence-electron chi connectivity index (χ1n) is 11.2. The number of anilines is 2. The van der Waals surface area contributed by atoms with Crippen LogP contribution in [0.2, 0.25) is 5.02 Å². The molecule has 0 saturated heterocycles. The third kappa shape index (κ3) is 9.92. The predicted molar refractivity (Wildman–Crippen MR) is 141 cm³/mol. The van der Waals surface area contributed by atoms with E-state index in [2.05, 4.69) is 16.0 Å². The molecule has 12 nitrogen and oxygen atoms in total. The minimum Gasteiger partial charge on any atom is -0.481 e. The van der Waals surface area contributed by atoms with E-state index in [0.717, 1.165) is 11.8 Å². The van der Waals surface area contributed by atoms with Crippen molar-refractivity contribution >= 4 is 64.5 Å². The summed E-state index contributed by atoms with van der Waals surface area (Å²) in [5.41, 5.74) is 6.91. The molecular formula is C24H27ClN4O8S. The molecule has 0 aliphatic rings. The van der Waals surface area contributed by atoms with Gasteiger partial charge < -0.3 is 37.0 Å². The number of carboxylic acids is 3. The van der Waals surface area contributed by atoms with Gasteiger partial charge in [-0.3, -0.25) is 24.0 Å². The Morgan fingerprint density at radius 2 is 1.68 bits per heavy atom. The first-order chi connectivity index (χ1) is 18.0. The van der Waals surface area contributed by atoms with E-state index < -0.39 is 48.4 Å². The highest BCUT2D eigenvalue weighted by Crippen LogP contribution is 2.36. The van der Waals surface area contributed by atoms with E-state index in [1.807, 2.05) is 0 Å². The summed E-state index contributed by atoms with van der Waals surface area (Å²) in [6.07, 6.45) is -0.638. The number of rotatable bonds is 15. The van der Waals surface area contributed by atoms with Gasteiger partial charge in [-0.05, 0) is 30.2 Å². The van der Waals surface area contributed by atoms with E-state index >= 15 is 0 Å². The van der Waals surface area contributed by atoms with Crippen LogP contribution in [0.4, 0.5) is 11.4 Å². The molecule has 38 heavy (non-hydrogen) atoms. The Morgan fingerprint density at radius 1 is 0.974 bits per heavy atom. The van der Waals surface area contributed by atoms with Crippen molar-refractivity contribution in [3.8, 4) is 0 Å². The van der Waals surface area contributed by atoms with E-state index in [-0.39, 0.29) is 25.0 Å². The van der Waals surface area contributed by atoms with Gasteiger partial charge in [0.2, 0.25) is 11.8 Å². The zero-order valence-electron chi connectivity index (χ0n) is 20.0. The van der Waals surface area contributed by atoms with Crippen LogP contribution < -0.4 is 21.7 Å². The van der Waals surface area contributed by atoms with Crippen molar-refractivity contribution < 1.29 is 39.3 Å². The van der Waals surface area contributed by atoms with Crippen LogP contribution in [0.5, 0.6) is 0 Å². The minimum atomic E-state index is -1.27. The monoisotopic (exact) mass is 566 g/mol. The molecule has 8 N–H and O–H groups in total. The molecule has 0 spiro atoms. The Bertz CT molecular complexity index is 1200. The van der Waals surface area contributed by atoms with Gasteiger partial charge in [0.1, 0.15) is 18.6 Å². The maximum atomic E-state index is 12.6. The van der Waals surface area contributed by atoms with Crippen molar-refractivity contribution in [2.75, 3.05) is 17.6 Å². The van der Waals surface area contributed by atoms with Gasteiger partial charge in [0, 0.05) is 22.8 Å². The van der Waals surface area contributed by atoms with Crippen LogP contribution in [0, 0.1) is 0 Å². The highest BCUT2D eigenvalue weighted by Gasteiger charge is 2.23. The minimum absolute atomic E-state index is 0.0338. The van der Waals surface area contributed by atoms with E-state index in [9.17, 15) is 29.1 Å². The fourth-order valence-electron chi connectivity index (χ4n) is 3.16. The molecule has 0 saturated carbocycles. The molecule has 2 aromatic rings. The molecule has 0 aliphatic heterocycles. The lowest BCUT2D eigenvalue weighted by Crippen LogP contribution is -2.49. The number of hydrogen-bond donors (Lipinski definition) is 7. The molecule has 14 heteroatoms. The van der Waals surface area contributed by atoms with Crippen LogP contribution in [0.1, 0.15) is 18.4 Å². The van der Waals surface area contributed by atoms with Crippen molar-refractivity contribution in [3.63, 3.8) is 0 Å².